The van der Waals surface area contributed by atoms with E-state index in [1.165, 1.54) is 0 Å². The molecule has 1 unspecified atom stereocenters. The van der Waals surface area contributed by atoms with E-state index >= 15 is 0 Å². The van der Waals surface area contributed by atoms with Gasteiger partial charge < -0.3 is 0 Å². The van der Waals surface area contributed by atoms with Crippen molar-refractivity contribution in [3.05, 3.63) is 0 Å². The summed E-state index contributed by atoms with van der Waals surface area (Å²) in [5.41, 5.74) is 0. The van der Waals surface area contributed by atoms with Crippen molar-refractivity contribution in [2.24, 2.45) is 0 Å². The molecule has 0 saturated carbocycles. The van der Waals surface area contributed by atoms with Gasteiger partial charge in [-0.1, -0.05) is 0 Å². The molecule has 0 radical (unpaired) electrons. The molecule has 0 aliphatic rings. The van der Waals surface area contributed by atoms with Crippen LogP contribution in [0.4, 0.5) is 0 Å². The fraction of sp³-hybridized carbons (Fsp3) is 0. The second kappa shape index (κ2) is 6.23. The summed E-state index contributed by atoms with van der Waals surface area (Å²) >= 11 is 0. The van der Waals surface area contributed by atoms with E-state index in [1.54, 1.807) is 0 Å². The zero-order chi connectivity index (χ0) is 3.58. The van der Waals surface area contributed by atoms with Gasteiger partial charge in [0.15, 0.2) is 0 Å². The van der Waals surface area contributed by atoms with E-state index in [4.69, 9.17) is 0 Å². The van der Waals surface area contributed by atoms with Crippen LogP contribution in [0.25, 0.3) is 0 Å². The molecule has 0 bridgehead atoms. The zero-order valence-electron chi connectivity index (χ0n) is 2.38. The molecule has 0 aromatic rings. The Morgan fingerprint density at radius 1 is 1.00 bits per heavy atom. The van der Waals surface area contributed by atoms with Crippen LogP contribution in [0.3, 0.4) is 0 Å². The van der Waals surface area contributed by atoms with Gasteiger partial charge in [0.1, 0.15) is 0 Å². The SMILES string of the molecule is P.[P]#[Co](#[P])#[P]. The number of hydrogen-bond donors (Lipinski definition) is 0. The van der Waals surface area contributed by atoms with E-state index in [0.717, 1.165) is 0 Å². The van der Waals surface area contributed by atoms with Crippen molar-refractivity contribution in [3.8, 4) is 0 Å². The molecule has 0 aliphatic heterocycles. The summed E-state index contributed by atoms with van der Waals surface area (Å²) in [5.74, 6) is 0. The minimum absolute atomic E-state index is 0. The van der Waals surface area contributed by atoms with Crippen molar-refractivity contribution in [1.29, 1.82) is 0 Å². The third-order valence-corrected chi connectivity index (χ3v) is 0. The summed E-state index contributed by atoms with van der Waals surface area (Å²) in [6.45, 7) is 0. The second-order valence-corrected chi connectivity index (χ2v) is 7.42. The van der Waals surface area contributed by atoms with Gasteiger partial charge in [-0.05, 0) is 0 Å². The van der Waals surface area contributed by atoms with Gasteiger partial charge in [-0.3, -0.25) is 0 Å². The molecule has 0 heterocycles. The van der Waals surface area contributed by atoms with Gasteiger partial charge in [0.2, 0.25) is 0 Å². The average molecular weight is 186 g/mol. The Kier molecular flexibility index (Phi) is 12.8. The summed E-state index contributed by atoms with van der Waals surface area (Å²) in [4.78, 5) is 0. The van der Waals surface area contributed by atoms with E-state index in [0.29, 0.717) is 0 Å². The molecule has 0 saturated heterocycles. The Bertz CT molecular complexity index is 219. The van der Waals surface area contributed by atoms with Gasteiger partial charge in [0, 0.05) is 0 Å². The molecule has 5 heavy (non-hydrogen) atoms. The molecule has 0 nitrogen and oxygen atoms in total. The van der Waals surface area contributed by atoms with Crippen LogP contribution >= 0.6 is 31.9 Å². The number of rotatable bonds is 0. The summed E-state index contributed by atoms with van der Waals surface area (Å²) in [6, 6.07) is 0. The van der Waals surface area contributed by atoms with E-state index in [1.807, 2.05) is 0 Å². The Balaban J connectivity index is 0. The summed E-state index contributed by atoms with van der Waals surface area (Å²) in [7, 11) is 10.8. The van der Waals surface area contributed by atoms with Crippen LogP contribution in [0.15, 0.2) is 0 Å². The van der Waals surface area contributed by atoms with E-state index in [-0.39, 0.29) is 9.90 Å². The molecule has 0 N–H and O–H groups in total. The zero-order valence-corrected chi connectivity index (χ0v) is 7.52. The molecule has 0 amide bonds. The minimum atomic E-state index is -0.521. The molecule has 1 atom stereocenters. The molecule has 32 valence electrons. The average Bonchev–Trinajstić information content (AvgIpc) is 0.811. The number of hydrogen-bond acceptors (Lipinski definition) is 0. The Labute approximate surface area is 42.5 Å². The molecule has 0 aliphatic carbocycles. The monoisotopic (exact) mass is 186 g/mol. The molecule has 0 fully saturated rings. The van der Waals surface area contributed by atoms with Gasteiger partial charge in [0.25, 0.3) is 0 Å². The molecule has 0 aromatic carbocycles. The molecule has 0 spiro atoms. The summed E-state index contributed by atoms with van der Waals surface area (Å²) in [5, 5.41) is 0. The van der Waals surface area contributed by atoms with Crippen LogP contribution in [0, 0.1) is 0 Å². The van der Waals surface area contributed by atoms with Crippen molar-refractivity contribution in [2.75, 3.05) is 0 Å². The van der Waals surface area contributed by atoms with Crippen molar-refractivity contribution < 1.29 is 10.3 Å². The Hall–Kier alpha value is 2.23. The van der Waals surface area contributed by atoms with Crippen molar-refractivity contribution >= 4 is 31.9 Å². The Morgan fingerprint density at radius 3 is 1.00 bits per heavy atom. The maximum absolute atomic E-state index is 3.76. The standard InChI is InChI=1S/Co.H3P.3P/h;1H3;;;. The topological polar surface area (TPSA) is 0 Å². The normalized spacial score (nSPS) is 4.20. The predicted molar refractivity (Wildman–Crippen MR) is 31.9 cm³/mol. The third-order valence-electron chi connectivity index (χ3n) is 0. The first-order chi connectivity index (χ1) is 1.73. The molecule has 0 rings (SSSR count). The Morgan fingerprint density at radius 2 is 1.00 bits per heavy atom. The molecular weight excluding hydrogens is 183 g/mol. The van der Waals surface area contributed by atoms with E-state index in [9.17, 15) is 0 Å². The van der Waals surface area contributed by atoms with Crippen LogP contribution < -0.4 is 0 Å². The quantitative estimate of drug-likeness (QED) is 0.510. The van der Waals surface area contributed by atoms with Crippen LogP contribution in [-0.4, -0.2) is 0 Å². The van der Waals surface area contributed by atoms with Crippen LogP contribution in [-0.2, 0) is 10.3 Å². The summed E-state index contributed by atoms with van der Waals surface area (Å²) < 4.78 is 0. The van der Waals surface area contributed by atoms with Crippen LogP contribution in [0.5, 0.6) is 0 Å². The predicted octanol–water partition coefficient (Wildman–Crippen LogP) is 2.64. The molecule has 5 heteroatoms. The van der Waals surface area contributed by atoms with Crippen LogP contribution in [0.1, 0.15) is 0 Å². The maximum atomic E-state index is 3.76. The molecule has 0 aromatic heterocycles. The molecular formula is H3CoP4. The fourth-order valence-electron chi connectivity index (χ4n) is 0. The first kappa shape index (κ1) is 10.3. The first-order valence-electron chi connectivity index (χ1n) is 0.447. The van der Waals surface area contributed by atoms with E-state index in [2.05, 4.69) is 22.0 Å². The van der Waals surface area contributed by atoms with Crippen LogP contribution in [0.2, 0.25) is 0 Å². The van der Waals surface area contributed by atoms with Crippen molar-refractivity contribution in [1.82, 2.24) is 0 Å². The van der Waals surface area contributed by atoms with E-state index < -0.39 is 10.3 Å². The van der Waals surface area contributed by atoms with Gasteiger partial charge in [0.05, 0.1) is 0 Å². The van der Waals surface area contributed by atoms with Gasteiger partial charge in [-0.15, -0.1) is 0 Å². The van der Waals surface area contributed by atoms with Gasteiger partial charge >= 0.3 is 32.2 Å². The summed E-state index contributed by atoms with van der Waals surface area (Å²) in [6.07, 6.45) is 0. The fourth-order valence-corrected chi connectivity index (χ4v) is 0. The first-order valence-corrected chi connectivity index (χ1v) is 5.53. The van der Waals surface area contributed by atoms with Crippen molar-refractivity contribution in [2.45, 2.75) is 0 Å². The van der Waals surface area contributed by atoms with Gasteiger partial charge in [-0.25, -0.2) is 0 Å². The van der Waals surface area contributed by atoms with Crippen molar-refractivity contribution in [3.63, 3.8) is 0 Å². The third kappa shape index (κ3) is 22.4. The van der Waals surface area contributed by atoms with Gasteiger partial charge in [-0.2, -0.15) is 9.90 Å². The second-order valence-electron chi connectivity index (χ2n) is 0.200.